The molecular formula is C13H15N5O3. The molecule has 1 aromatic carbocycles. The molecule has 0 atom stereocenters. The zero-order valence-corrected chi connectivity index (χ0v) is 11.9. The maximum atomic E-state index is 11.2. The van der Waals surface area contributed by atoms with E-state index in [4.69, 9.17) is 15.9 Å². The monoisotopic (exact) mass is 289 g/mol. The molecule has 0 aliphatic heterocycles. The second-order valence-electron chi connectivity index (χ2n) is 4.58. The van der Waals surface area contributed by atoms with Crippen molar-refractivity contribution < 1.29 is 9.66 Å². The Balaban J connectivity index is 2.56. The number of ether oxygens (including phenoxy) is 1. The van der Waals surface area contributed by atoms with Gasteiger partial charge in [0.15, 0.2) is 0 Å². The number of aryl methyl sites for hydroxylation is 3. The Bertz CT molecular complexity index is 736. The predicted molar refractivity (Wildman–Crippen MR) is 76.9 cm³/mol. The molecule has 0 aliphatic rings. The number of hydrogen-bond donors (Lipinski definition) is 2. The summed E-state index contributed by atoms with van der Waals surface area (Å²) in [5.74, 6) is 0.0881. The number of hydrogen-bond acceptors (Lipinski definition) is 5. The number of amidine groups is 1. The lowest BCUT2D eigenvalue weighted by Crippen LogP contribution is -2.13. The number of para-hydroxylation sites is 1. The molecular weight excluding hydrogens is 274 g/mol. The molecule has 1 heterocycles. The van der Waals surface area contributed by atoms with E-state index in [0.29, 0.717) is 16.8 Å². The molecule has 2 aromatic rings. The van der Waals surface area contributed by atoms with Crippen molar-refractivity contribution in [2.24, 2.45) is 12.8 Å². The summed E-state index contributed by atoms with van der Waals surface area (Å²) in [6, 6.07) is 4.79. The third-order valence-corrected chi connectivity index (χ3v) is 3.03. The summed E-state index contributed by atoms with van der Waals surface area (Å²) in [7, 11) is 1.62. The van der Waals surface area contributed by atoms with E-state index < -0.39 is 4.92 Å². The van der Waals surface area contributed by atoms with Crippen LogP contribution >= 0.6 is 0 Å². The smallest absolute Gasteiger partial charge is 0.314 e. The van der Waals surface area contributed by atoms with Crippen molar-refractivity contribution in [3.63, 3.8) is 0 Å². The van der Waals surface area contributed by atoms with Gasteiger partial charge >= 0.3 is 5.69 Å². The Labute approximate surface area is 120 Å². The highest BCUT2D eigenvalue weighted by atomic mass is 16.6. The molecule has 0 unspecified atom stereocenters. The van der Waals surface area contributed by atoms with Crippen LogP contribution in [0.4, 0.5) is 5.69 Å². The van der Waals surface area contributed by atoms with Crippen molar-refractivity contribution in [2.75, 3.05) is 0 Å². The zero-order valence-electron chi connectivity index (χ0n) is 11.9. The second-order valence-corrected chi connectivity index (χ2v) is 4.58. The van der Waals surface area contributed by atoms with Gasteiger partial charge in [0, 0.05) is 12.6 Å². The van der Waals surface area contributed by atoms with Crippen LogP contribution < -0.4 is 10.5 Å². The number of rotatable bonds is 4. The molecule has 0 radical (unpaired) electrons. The third-order valence-electron chi connectivity index (χ3n) is 3.03. The number of nitrogens with one attached hydrogen (secondary N) is 1. The van der Waals surface area contributed by atoms with Gasteiger partial charge < -0.3 is 10.5 Å². The van der Waals surface area contributed by atoms with E-state index in [0.717, 1.165) is 0 Å². The van der Waals surface area contributed by atoms with Crippen LogP contribution in [0.1, 0.15) is 16.8 Å². The van der Waals surface area contributed by atoms with Crippen LogP contribution in [-0.4, -0.2) is 20.5 Å². The van der Waals surface area contributed by atoms with Gasteiger partial charge in [-0.1, -0.05) is 12.1 Å². The maximum Gasteiger partial charge on any atom is 0.314 e. The summed E-state index contributed by atoms with van der Waals surface area (Å²) < 4.78 is 7.03. The molecule has 0 bridgehead atoms. The van der Waals surface area contributed by atoms with Crippen LogP contribution in [0.25, 0.3) is 0 Å². The van der Waals surface area contributed by atoms with E-state index >= 15 is 0 Å². The fourth-order valence-corrected chi connectivity index (χ4v) is 2.12. The summed E-state index contributed by atoms with van der Waals surface area (Å²) in [5, 5.41) is 22.9. The van der Waals surface area contributed by atoms with Gasteiger partial charge in [0.25, 0.3) is 0 Å². The fourth-order valence-electron chi connectivity index (χ4n) is 2.12. The minimum Gasteiger partial charge on any atom is -0.431 e. The maximum absolute atomic E-state index is 11.2. The van der Waals surface area contributed by atoms with Crippen LogP contribution in [0, 0.1) is 29.4 Å². The first-order chi connectivity index (χ1) is 9.82. The van der Waals surface area contributed by atoms with Gasteiger partial charge in [-0.05, 0) is 19.9 Å². The number of nitrogens with two attached hydrogens (primary N) is 1. The van der Waals surface area contributed by atoms with Crippen molar-refractivity contribution in [1.82, 2.24) is 9.78 Å². The number of nitro groups is 1. The van der Waals surface area contributed by atoms with E-state index in [-0.39, 0.29) is 23.2 Å². The molecule has 0 saturated heterocycles. The van der Waals surface area contributed by atoms with Gasteiger partial charge in [0.2, 0.25) is 11.6 Å². The first-order valence-electron chi connectivity index (χ1n) is 6.12. The number of nitrogen functional groups attached to an aromatic ring is 1. The number of nitrogens with zero attached hydrogens (tertiary/aromatic N) is 3. The zero-order chi connectivity index (χ0) is 15.7. The van der Waals surface area contributed by atoms with Crippen molar-refractivity contribution in [1.29, 1.82) is 5.41 Å². The van der Waals surface area contributed by atoms with Gasteiger partial charge in [-0.3, -0.25) is 15.5 Å². The molecule has 110 valence electrons. The number of aromatic nitrogens is 2. The average molecular weight is 289 g/mol. The average Bonchev–Trinajstić information content (AvgIpc) is 2.63. The molecule has 0 fully saturated rings. The summed E-state index contributed by atoms with van der Waals surface area (Å²) in [6.07, 6.45) is 0. The lowest BCUT2D eigenvalue weighted by molar-refractivity contribution is -0.386. The van der Waals surface area contributed by atoms with E-state index in [1.807, 2.05) is 0 Å². The van der Waals surface area contributed by atoms with Crippen molar-refractivity contribution >= 4 is 11.5 Å². The molecule has 3 N–H and O–H groups in total. The van der Waals surface area contributed by atoms with Gasteiger partial charge in [-0.15, -0.1) is 0 Å². The molecule has 0 spiro atoms. The van der Waals surface area contributed by atoms with Crippen molar-refractivity contribution in [2.45, 2.75) is 13.8 Å². The van der Waals surface area contributed by atoms with Gasteiger partial charge in [0.1, 0.15) is 11.4 Å². The highest BCUT2D eigenvalue weighted by molar-refractivity contribution is 5.98. The first kappa shape index (κ1) is 14.5. The summed E-state index contributed by atoms with van der Waals surface area (Å²) in [4.78, 5) is 10.7. The Morgan fingerprint density at radius 2 is 2.14 bits per heavy atom. The standard InChI is InChI=1S/C13H15N5O3/c1-7-5-4-6-9(11(7)18(19)20)21-13-10(12(14)15)8(2)16-17(13)3/h4-6H,1-3H3,(H3,14,15). The number of benzene rings is 1. The topological polar surface area (TPSA) is 120 Å². The van der Waals surface area contributed by atoms with Crippen LogP contribution in [0.5, 0.6) is 11.6 Å². The summed E-state index contributed by atoms with van der Waals surface area (Å²) in [5.41, 5.74) is 6.74. The minimum absolute atomic E-state index is 0.0884. The van der Waals surface area contributed by atoms with E-state index in [1.165, 1.54) is 10.7 Å². The highest BCUT2D eigenvalue weighted by Crippen LogP contribution is 2.35. The molecule has 0 aliphatic carbocycles. The second kappa shape index (κ2) is 5.23. The van der Waals surface area contributed by atoms with E-state index in [2.05, 4.69) is 5.10 Å². The number of nitro benzene ring substituents is 1. The fraction of sp³-hybridized carbons (Fsp3) is 0.231. The SMILES string of the molecule is Cc1cccc(Oc2c(C(=N)N)c(C)nn2C)c1[N+](=O)[O-]. The molecule has 2 rings (SSSR count). The van der Waals surface area contributed by atoms with Gasteiger partial charge in [-0.2, -0.15) is 5.10 Å². The van der Waals surface area contributed by atoms with Crippen molar-refractivity contribution in [3.8, 4) is 11.6 Å². The van der Waals surface area contributed by atoms with Gasteiger partial charge in [-0.25, -0.2) is 4.68 Å². The third kappa shape index (κ3) is 2.55. The van der Waals surface area contributed by atoms with Crippen LogP contribution in [0.3, 0.4) is 0 Å². The van der Waals surface area contributed by atoms with Crippen molar-refractivity contribution in [3.05, 3.63) is 45.1 Å². The predicted octanol–water partition coefficient (Wildman–Crippen LogP) is 2.02. The lowest BCUT2D eigenvalue weighted by Gasteiger charge is -2.09. The van der Waals surface area contributed by atoms with Crippen LogP contribution in [0.15, 0.2) is 18.2 Å². The Kier molecular flexibility index (Phi) is 3.62. The summed E-state index contributed by atoms with van der Waals surface area (Å²) in [6.45, 7) is 3.32. The van der Waals surface area contributed by atoms with E-state index in [1.54, 1.807) is 33.0 Å². The Morgan fingerprint density at radius 1 is 1.48 bits per heavy atom. The Hall–Kier alpha value is -2.90. The molecule has 8 nitrogen and oxygen atoms in total. The molecule has 1 aromatic heterocycles. The first-order valence-corrected chi connectivity index (χ1v) is 6.12. The Morgan fingerprint density at radius 3 is 2.71 bits per heavy atom. The molecule has 0 saturated carbocycles. The highest BCUT2D eigenvalue weighted by Gasteiger charge is 2.23. The van der Waals surface area contributed by atoms with Gasteiger partial charge in [0.05, 0.1) is 10.6 Å². The van der Waals surface area contributed by atoms with E-state index in [9.17, 15) is 10.1 Å². The largest absolute Gasteiger partial charge is 0.431 e. The molecule has 21 heavy (non-hydrogen) atoms. The van der Waals surface area contributed by atoms with Crippen LogP contribution in [0.2, 0.25) is 0 Å². The lowest BCUT2D eigenvalue weighted by atomic mass is 10.2. The molecule has 0 amide bonds. The normalized spacial score (nSPS) is 10.4. The molecule has 8 heteroatoms. The minimum atomic E-state index is -0.499. The van der Waals surface area contributed by atoms with Crippen LogP contribution in [-0.2, 0) is 7.05 Å². The quantitative estimate of drug-likeness (QED) is 0.386. The summed E-state index contributed by atoms with van der Waals surface area (Å²) >= 11 is 0.